The Kier molecular flexibility index (Phi) is 3.89. The standard InChI is InChI=1S/C16H24N4O/c1-9-10(2)19-15-12(16(17)21)3-4-13(14(9)15)20-11-5-7-18-8-6-11/h3-4,11,16,18-21H,5-8,17H2,1-2H3. The number of H-pyrrole nitrogens is 1. The lowest BCUT2D eigenvalue weighted by Crippen LogP contribution is -2.35. The van der Waals surface area contributed by atoms with Gasteiger partial charge >= 0.3 is 0 Å². The summed E-state index contributed by atoms with van der Waals surface area (Å²) in [5.41, 5.74) is 10.8. The lowest BCUT2D eigenvalue weighted by Gasteiger charge is -2.25. The number of aromatic nitrogens is 1. The van der Waals surface area contributed by atoms with Crippen LogP contribution in [0.4, 0.5) is 5.69 Å². The van der Waals surface area contributed by atoms with E-state index in [1.165, 1.54) is 5.56 Å². The average Bonchev–Trinajstić information content (AvgIpc) is 2.76. The molecule has 0 amide bonds. The van der Waals surface area contributed by atoms with E-state index in [1.54, 1.807) is 0 Å². The first kappa shape index (κ1) is 14.4. The quantitative estimate of drug-likeness (QED) is 0.558. The molecular formula is C16H24N4O. The predicted molar refractivity (Wildman–Crippen MR) is 86.4 cm³/mol. The van der Waals surface area contributed by atoms with E-state index in [0.717, 1.165) is 53.8 Å². The second kappa shape index (κ2) is 5.67. The van der Waals surface area contributed by atoms with E-state index in [2.05, 4.69) is 29.5 Å². The molecule has 5 nitrogen and oxygen atoms in total. The van der Waals surface area contributed by atoms with Crippen molar-refractivity contribution in [3.63, 3.8) is 0 Å². The van der Waals surface area contributed by atoms with Gasteiger partial charge in [0, 0.05) is 28.4 Å². The highest BCUT2D eigenvalue weighted by Crippen LogP contribution is 2.33. The van der Waals surface area contributed by atoms with Gasteiger partial charge in [-0.2, -0.15) is 0 Å². The molecular weight excluding hydrogens is 264 g/mol. The second-order valence-electron chi connectivity index (χ2n) is 5.94. The Bertz CT molecular complexity index is 641. The van der Waals surface area contributed by atoms with Gasteiger partial charge in [0.25, 0.3) is 0 Å². The van der Waals surface area contributed by atoms with Crippen molar-refractivity contribution in [1.82, 2.24) is 10.3 Å². The number of fused-ring (bicyclic) bond motifs is 1. The molecule has 21 heavy (non-hydrogen) atoms. The summed E-state index contributed by atoms with van der Waals surface area (Å²) in [5.74, 6) is 0. The Labute approximate surface area is 124 Å². The maximum atomic E-state index is 9.76. The van der Waals surface area contributed by atoms with E-state index >= 15 is 0 Å². The molecule has 0 saturated carbocycles. The van der Waals surface area contributed by atoms with Crippen LogP contribution in [0.3, 0.4) is 0 Å². The lowest BCUT2D eigenvalue weighted by molar-refractivity contribution is 0.187. The van der Waals surface area contributed by atoms with Gasteiger partial charge in [-0.3, -0.25) is 0 Å². The summed E-state index contributed by atoms with van der Waals surface area (Å²) in [7, 11) is 0. The molecule has 5 heteroatoms. The first-order valence-corrected chi connectivity index (χ1v) is 7.60. The molecule has 2 heterocycles. The zero-order chi connectivity index (χ0) is 15.0. The summed E-state index contributed by atoms with van der Waals surface area (Å²) in [6, 6.07) is 4.44. The number of nitrogens with two attached hydrogens (primary N) is 1. The first-order chi connectivity index (χ1) is 10.1. The number of aryl methyl sites for hydroxylation is 2. The summed E-state index contributed by atoms with van der Waals surface area (Å²) in [6.07, 6.45) is 1.30. The molecule has 6 N–H and O–H groups in total. The van der Waals surface area contributed by atoms with E-state index in [0.29, 0.717) is 6.04 Å². The Morgan fingerprint density at radius 2 is 2.00 bits per heavy atom. The fourth-order valence-corrected chi connectivity index (χ4v) is 3.16. The van der Waals surface area contributed by atoms with Gasteiger partial charge in [0.05, 0.1) is 5.52 Å². The molecule has 0 bridgehead atoms. The highest BCUT2D eigenvalue weighted by molar-refractivity contribution is 5.98. The molecule has 1 fully saturated rings. The first-order valence-electron chi connectivity index (χ1n) is 7.60. The summed E-state index contributed by atoms with van der Waals surface area (Å²) in [4.78, 5) is 3.36. The van der Waals surface area contributed by atoms with Gasteiger partial charge in [-0.05, 0) is 51.4 Å². The molecule has 0 radical (unpaired) electrons. The third-order valence-electron chi connectivity index (χ3n) is 4.50. The monoisotopic (exact) mass is 288 g/mol. The Morgan fingerprint density at radius 3 is 2.67 bits per heavy atom. The minimum absolute atomic E-state index is 0.498. The molecule has 1 aliphatic heterocycles. The van der Waals surface area contributed by atoms with Gasteiger partial charge in [0.2, 0.25) is 0 Å². The fraction of sp³-hybridized carbons (Fsp3) is 0.500. The van der Waals surface area contributed by atoms with Crippen LogP contribution in [0.5, 0.6) is 0 Å². The van der Waals surface area contributed by atoms with Gasteiger partial charge < -0.3 is 26.5 Å². The topological polar surface area (TPSA) is 86.1 Å². The van der Waals surface area contributed by atoms with Crippen LogP contribution < -0.4 is 16.4 Å². The van der Waals surface area contributed by atoms with Gasteiger partial charge in [-0.15, -0.1) is 0 Å². The van der Waals surface area contributed by atoms with Crippen molar-refractivity contribution in [3.8, 4) is 0 Å². The molecule has 1 atom stereocenters. The molecule has 1 aromatic carbocycles. The molecule has 3 rings (SSSR count). The largest absolute Gasteiger partial charge is 0.382 e. The summed E-state index contributed by atoms with van der Waals surface area (Å²) in [5, 5.41) is 18.0. The van der Waals surface area contributed by atoms with Crippen molar-refractivity contribution in [2.45, 2.75) is 39.0 Å². The molecule has 1 saturated heterocycles. The number of nitrogens with one attached hydrogen (secondary N) is 3. The van der Waals surface area contributed by atoms with Crippen molar-refractivity contribution < 1.29 is 5.11 Å². The normalized spacial score (nSPS) is 18.1. The Balaban J connectivity index is 2.04. The number of aliphatic hydroxyl groups is 1. The summed E-state index contributed by atoms with van der Waals surface area (Å²) in [6.45, 7) is 6.28. The van der Waals surface area contributed by atoms with Crippen LogP contribution in [-0.2, 0) is 0 Å². The summed E-state index contributed by atoms with van der Waals surface area (Å²) < 4.78 is 0. The van der Waals surface area contributed by atoms with Gasteiger partial charge in [-0.25, -0.2) is 0 Å². The van der Waals surface area contributed by atoms with Crippen molar-refractivity contribution in [2.24, 2.45) is 5.73 Å². The van der Waals surface area contributed by atoms with E-state index in [-0.39, 0.29) is 0 Å². The Hall–Kier alpha value is -1.56. The number of aliphatic hydroxyl groups excluding tert-OH is 1. The highest BCUT2D eigenvalue weighted by atomic mass is 16.3. The minimum Gasteiger partial charge on any atom is -0.382 e. The van der Waals surface area contributed by atoms with Crippen molar-refractivity contribution >= 4 is 16.6 Å². The van der Waals surface area contributed by atoms with Crippen LogP contribution in [-0.4, -0.2) is 29.2 Å². The van der Waals surface area contributed by atoms with Crippen molar-refractivity contribution in [3.05, 3.63) is 29.0 Å². The van der Waals surface area contributed by atoms with Crippen LogP contribution in [0.1, 0.15) is 35.9 Å². The fourth-order valence-electron chi connectivity index (χ4n) is 3.16. The maximum Gasteiger partial charge on any atom is 0.130 e. The van der Waals surface area contributed by atoms with Gasteiger partial charge in [0.1, 0.15) is 6.23 Å². The average molecular weight is 288 g/mol. The summed E-state index contributed by atoms with van der Waals surface area (Å²) >= 11 is 0. The SMILES string of the molecule is Cc1[nH]c2c(C(N)O)ccc(NC3CCNCC3)c2c1C. The maximum absolute atomic E-state index is 9.76. The van der Waals surface area contributed by atoms with Crippen LogP contribution >= 0.6 is 0 Å². The van der Waals surface area contributed by atoms with E-state index in [9.17, 15) is 5.11 Å². The number of hydrogen-bond acceptors (Lipinski definition) is 4. The van der Waals surface area contributed by atoms with E-state index in [1.807, 2.05) is 12.1 Å². The number of benzene rings is 1. The van der Waals surface area contributed by atoms with Gasteiger partial charge in [0.15, 0.2) is 0 Å². The minimum atomic E-state index is -0.960. The predicted octanol–water partition coefficient (Wildman–Crippen LogP) is 1.90. The van der Waals surface area contributed by atoms with E-state index in [4.69, 9.17) is 5.73 Å². The van der Waals surface area contributed by atoms with Crippen molar-refractivity contribution in [1.29, 1.82) is 0 Å². The number of piperidine rings is 1. The molecule has 2 aromatic rings. The Morgan fingerprint density at radius 1 is 1.29 bits per heavy atom. The molecule has 0 spiro atoms. The number of rotatable bonds is 3. The molecule has 1 aromatic heterocycles. The highest BCUT2D eigenvalue weighted by Gasteiger charge is 2.18. The molecule has 0 aliphatic carbocycles. The zero-order valence-corrected chi connectivity index (χ0v) is 12.7. The lowest BCUT2D eigenvalue weighted by atomic mass is 10.0. The van der Waals surface area contributed by atoms with Gasteiger partial charge in [-0.1, -0.05) is 6.07 Å². The molecule has 114 valence electrons. The van der Waals surface area contributed by atoms with Crippen LogP contribution in [0.2, 0.25) is 0 Å². The number of anilines is 1. The van der Waals surface area contributed by atoms with Crippen molar-refractivity contribution in [2.75, 3.05) is 18.4 Å². The van der Waals surface area contributed by atoms with Crippen LogP contribution in [0.15, 0.2) is 12.1 Å². The van der Waals surface area contributed by atoms with Crippen LogP contribution in [0, 0.1) is 13.8 Å². The third-order valence-corrected chi connectivity index (χ3v) is 4.50. The second-order valence-corrected chi connectivity index (χ2v) is 5.94. The van der Waals surface area contributed by atoms with E-state index < -0.39 is 6.23 Å². The number of aromatic amines is 1. The van der Waals surface area contributed by atoms with Crippen LogP contribution in [0.25, 0.3) is 10.9 Å². The molecule has 1 aliphatic rings. The number of hydrogen-bond donors (Lipinski definition) is 5. The third kappa shape index (κ3) is 2.64. The smallest absolute Gasteiger partial charge is 0.130 e. The zero-order valence-electron chi connectivity index (χ0n) is 12.7. The molecule has 1 unspecified atom stereocenters.